The van der Waals surface area contributed by atoms with Crippen molar-refractivity contribution in [3.8, 4) is 11.5 Å². The molecular weight excluding hydrogens is 160 g/mol. The molecule has 2 aromatic rings. The highest BCUT2D eigenvalue weighted by atomic mass is 16.5. The molecule has 0 N–H and O–H groups in total. The average molecular weight is 166 g/mol. The zero-order valence-corrected chi connectivity index (χ0v) is 6.87. The maximum Gasteiger partial charge on any atom is 0.143 e. The molecule has 4 radical (unpaired) electrons. The van der Waals surface area contributed by atoms with E-state index in [2.05, 4.69) is 24.3 Å². The van der Waals surface area contributed by atoms with Gasteiger partial charge in [-0.1, -0.05) is 36.4 Å². The number of hydrogen-bond donors (Lipinski definition) is 0. The highest BCUT2D eigenvalue weighted by Gasteiger charge is 1.94. The Morgan fingerprint density at radius 3 is 1.46 bits per heavy atom. The minimum absolute atomic E-state index is 0.557. The van der Waals surface area contributed by atoms with E-state index in [4.69, 9.17) is 4.74 Å². The molecule has 0 spiro atoms. The maximum absolute atomic E-state index is 5.36. The predicted octanol–water partition coefficient (Wildman–Crippen LogP) is 2.68. The van der Waals surface area contributed by atoms with Crippen molar-refractivity contribution in [1.82, 2.24) is 0 Å². The van der Waals surface area contributed by atoms with E-state index in [1.807, 2.05) is 12.1 Å². The lowest BCUT2D eigenvalue weighted by molar-refractivity contribution is 0.478. The summed E-state index contributed by atoms with van der Waals surface area (Å²) in [6, 6.07) is 22.4. The number of hydrogen-bond acceptors (Lipinski definition) is 1. The van der Waals surface area contributed by atoms with Gasteiger partial charge >= 0.3 is 0 Å². The van der Waals surface area contributed by atoms with Crippen molar-refractivity contribution in [2.45, 2.75) is 0 Å². The third-order valence-corrected chi connectivity index (χ3v) is 1.45. The molecule has 0 fully saturated rings. The summed E-state index contributed by atoms with van der Waals surface area (Å²) < 4.78 is 5.36. The molecule has 0 saturated carbocycles. The molecule has 1 heteroatoms. The van der Waals surface area contributed by atoms with Crippen molar-refractivity contribution >= 4 is 0 Å². The molecule has 0 aliphatic rings. The second-order valence-corrected chi connectivity index (χ2v) is 2.39. The fourth-order valence-electron chi connectivity index (χ4n) is 0.895. The van der Waals surface area contributed by atoms with Gasteiger partial charge in [-0.25, -0.2) is 0 Å². The van der Waals surface area contributed by atoms with Gasteiger partial charge in [-0.05, 0) is 0 Å². The molecule has 1 nitrogen and oxygen atoms in total. The molecule has 0 aromatic heterocycles. The van der Waals surface area contributed by atoms with Crippen LogP contribution in [0.3, 0.4) is 0 Å². The smallest absolute Gasteiger partial charge is 0.143 e. The molecule has 0 bridgehead atoms. The van der Waals surface area contributed by atoms with E-state index in [0.717, 1.165) is 0 Å². The van der Waals surface area contributed by atoms with Crippen LogP contribution in [0.25, 0.3) is 0 Å². The van der Waals surface area contributed by atoms with Crippen molar-refractivity contribution < 1.29 is 4.74 Å². The average Bonchev–Trinajstić information content (AvgIpc) is 2.21. The molecule has 2 aromatic carbocycles. The van der Waals surface area contributed by atoms with Gasteiger partial charge in [-0.3, -0.25) is 0 Å². The molecule has 0 aliphatic heterocycles. The lowest BCUT2D eigenvalue weighted by Gasteiger charge is -2.01. The van der Waals surface area contributed by atoms with Crippen molar-refractivity contribution in [3.63, 3.8) is 0 Å². The molecule has 0 saturated heterocycles. The Bertz CT molecular complexity index is 316. The fourth-order valence-corrected chi connectivity index (χ4v) is 0.895. The van der Waals surface area contributed by atoms with Crippen LogP contribution in [-0.4, -0.2) is 0 Å². The van der Waals surface area contributed by atoms with Gasteiger partial charge in [0.25, 0.3) is 0 Å². The van der Waals surface area contributed by atoms with Gasteiger partial charge in [-0.15, -0.1) is 0 Å². The highest BCUT2D eigenvalue weighted by Crippen LogP contribution is 2.17. The van der Waals surface area contributed by atoms with E-state index < -0.39 is 0 Å². The summed E-state index contributed by atoms with van der Waals surface area (Å²) in [6.07, 6.45) is 0. The van der Waals surface area contributed by atoms with Crippen LogP contribution in [0.1, 0.15) is 0 Å². The molecule has 60 valence electrons. The Morgan fingerprint density at radius 1 is 0.692 bits per heavy atom. The minimum Gasteiger partial charge on any atom is -0.455 e. The van der Waals surface area contributed by atoms with Crippen molar-refractivity contribution in [1.29, 1.82) is 0 Å². The van der Waals surface area contributed by atoms with Gasteiger partial charge in [-0.2, -0.15) is 0 Å². The van der Waals surface area contributed by atoms with Gasteiger partial charge in [0.15, 0.2) is 0 Å². The number of rotatable bonds is 2. The first-order valence-corrected chi connectivity index (χ1v) is 3.90. The Labute approximate surface area is 77.6 Å². The summed E-state index contributed by atoms with van der Waals surface area (Å²) in [5, 5.41) is 0. The van der Waals surface area contributed by atoms with E-state index >= 15 is 0 Å². The summed E-state index contributed by atoms with van der Waals surface area (Å²) >= 11 is 0. The molecule has 13 heavy (non-hydrogen) atoms. The van der Waals surface area contributed by atoms with E-state index in [9.17, 15) is 0 Å². The third-order valence-electron chi connectivity index (χ3n) is 1.45. The first-order chi connectivity index (χ1) is 6.45. The Hall–Kier alpha value is -1.76. The van der Waals surface area contributed by atoms with Gasteiger partial charge in [0.05, 0.1) is 0 Å². The maximum atomic E-state index is 5.36. The van der Waals surface area contributed by atoms with Gasteiger partial charge in [0.1, 0.15) is 11.5 Å². The lowest BCUT2D eigenvalue weighted by Crippen LogP contribution is -1.83. The summed E-state index contributed by atoms with van der Waals surface area (Å²) in [4.78, 5) is 0. The molecule has 0 amide bonds. The first kappa shape index (κ1) is 7.87. The zero-order valence-electron chi connectivity index (χ0n) is 6.87. The van der Waals surface area contributed by atoms with E-state index in [1.165, 1.54) is 0 Å². The number of ether oxygens (including phenoxy) is 1. The summed E-state index contributed by atoms with van der Waals surface area (Å²) in [7, 11) is 0. The Kier molecular flexibility index (Phi) is 2.28. The molecular formula is C12H6O. The number of benzene rings is 2. The van der Waals surface area contributed by atoms with Gasteiger partial charge in [0.2, 0.25) is 0 Å². The SMILES string of the molecule is [c]1ccc[c]c1Oc1[c]ccc[c]1. The van der Waals surface area contributed by atoms with Crippen LogP contribution < -0.4 is 4.74 Å². The molecule has 0 heterocycles. The summed E-state index contributed by atoms with van der Waals surface area (Å²) in [5.41, 5.74) is 0. The van der Waals surface area contributed by atoms with Gasteiger partial charge < -0.3 is 4.74 Å². The van der Waals surface area contributed by atoms with Gasteiger partial charge in [0, 0.05) is 24.3 Å². The van der Waals surface area contributed by atoms with E-state index in [-0.39, 0.29) is 0 Å². The van der Waals surface area contributed by atoms with Crippen LogP contribution in [0, 0.1) is 24.3 Å². The highest BCUT2D eigenvalue weighted by molar-refractivity contribution is 5.26. The van der Waals surface area contributed by atoms with Crippen molar-refractivity contribution in [3.05, 3.63) is 60.7 Å². The topological polar surface area (TPSA) is 9.23 Å². The van der Waals surface area contributed by atoms with Crippen LogP contribution in [0.2, 0.25) is 0 Å². The molecule has 0 aliphatic carbocycles. The second-order valence-electron chi connectivity index (χ2n) is 2.39. The number of para-hydroxylation sites is 2. The van der Waals surface area contributed by atoms with Crippen LogP contribution in [0.4, 0.5) is 0 Å². The van der Waals surface area contributed by atoms with Crippen LogP contribution in [0.15, 0.2) is 36.4 Å². The normalized spacial score (nSPS) is 9.54. The standard InChI is InChI=1S/C12H6O/c1-3-7-11(8-4-1)13-12-9-5-2-6-10-12/h1-6H. The Balaban J connectivity index is 2.16. The largest absolute Gasteiger partial charge is 0.455 e. The second kappa shape index (κ2) is 3.76. The van der Waals surface area contributed by atoms with Crippen LogP contribution in [0.5, 0.6) is 11.5 Å². The van der Waals surface area contributed by atoms with E-state index in [1.54, 1.807) is 24.3 Å². The molecule has 0 unspecified atom stereocenters. The zero-order chi connectivity index (χ0) is 8.93. The first-order valence-electron chi connectivity index (χ1n) is 3.90. The van der Waals surface area contributed by atoms with Crippen molar-refractivity contribution in [2.75, 3.05) is 0 Å². The monoisotopic (exact) mass is 166 g/mol. The van der Waals surface area contributed by atoms with Crippen molar-refractivity contribution in [2.24, 2.45) is 0 Å². The summed E-state index contributed by atoms with van der Waals surface area (Å²) in [6.45, 7) is 0. The minimum atomic E-state index is 0.557. The van der Waals surface area contributed by atoms with Crippen LogP contribution >= 0.6 is 0 Å². The fraction of sp³-hybridized carbons (Fsp3) is 0. The van der Waals surface area contributed by atoms with E-state index in [0.29, 0.717) is 11.5 Å². The quantitative estimate of drug-likeness (QED) is 0.666. The van der Waals surface area contributed by atoms with Crippen LogP contribution in [-0.2, 0) is 0 Å². The molecule has 0 atom stereocenters. The Morgan fingerprint density at radius 2 is 1.08 bits per heavy atom. The summed E-state index contributed by atoms with van der Waals surface area (Å²) in [5.74, 6) is 1.11. The molecule has 2 rings (SSSR count). The predicted molar refractivity (Wildman–Crippen MR) is 48.3 cm³/mol. The lowest BCUT2D eigenvalue weighted by atomic mass is 10.3. The third kappa shape index (κ3) is 2.09.